The van der Waals surface area contributed by atoms with Crippen LogP contribution < -0.4 is 16.0 Å². The number of aromatic nitrogens is 4. The molecule has 0 aliphatic carbocycles. The van der Waals surface area contributed by atoms with Gasteiger partial charge in [-0.25, -0.2) is 23.9 Å². The first kappa shape index (κ1) is 29.6. The molecule has 0 bridgehead atoms. The molecular formula is C26H33ClFN7O4. The van der Waals surface area contributed by atoms with Gasteiger partial charge in [-0.15, -0.1) is 0 Å². The van der Waals surface area contributed by atoms with Gasteiger partial charge in [0.05, 0.1) is 18.5 Å². The molecule has 0 aliphatic rings. The molecule has 2 amide bonds. The molecule has 3 rings (SSSR count). The van der Waals surface area contributed by atoms with Gasteiger partial charge >= 0.3 is 12.2 Å². The van der Waals surface area contributed by atoms with E-state index in [1.165, 1.54) is 19.2 Å². The average Bonchev–Trinajstić information content (AvgIpc) is 3.29. The number of carbonyl (C=O) groups is 2. The van der Waals surface area contributed by atoms with E-state index >= 15 is 4.39 Å². The van der Waals surface area contributed by atoms with Gasteiger partial charge in [-0.2, -0.15) is 5.10 Å². The van der Waals surface area contributed by atoms with Crippen molar-refractivity contribution in [1.29, 1.82) is 0 Å². The van der Waals surface area contributed by atoms with Gasteiger partial charge in [0.15, 0.2) is 5.82 Å². The minimum atomic E-state index is -0.815. The van der Waals surface area contributed by atoms with Crippen molar-refractivity contribution in [1.82, 2.24) is 25.1 Å². The number of ether oxygens (including phenoxy) is 2. The van der Waals surface area contributed by atoms with Crippen molar-refractivity contribution in [3.8, 4) is 22.5 Å². The van der Waals surface area contributed by atoms with E-state index < -0.39 is 23.6 Å². The van der Waals surface area contributed by atoms with E-state index in [9.17, 15) is 9.59 Å². The van der Waals surface area contributed by atoms with Gasteiger partial charge in [-0.3, -0.25) is 10.00 Å². The van der Waals surface area contributed by atoms with Gasteiger partial charge in [0.25, 0.3) is 0 Å². The van der Waals surface area contributed by atoms with Crippen LogP contribution >= 0.6 is 11.6 Å². The highest BCUT2D eigenvalue weighted by molar-refractivity contribution is 6.31. The minimum Gasteiger partial charge on any atom is -0.453 e. The number of nitrogens with zero attached hydrogens (tertiary/aromatic N) is 4. The van der Waals surface area contributed by atoms with E-state index in [1.54, 1.807) is 50.8 Å². The summed E-state index contributed by atoms with van der Waals surface area (Å²) in [5.74, 6) is -0.427. The Morgan fingerprint density at radius 1 is 1.15 bits per heavy atom. The summed E-state index contributed by atoms with van der Waals surface area (Å²) in [6.07, 6.45) is 1.96. The van der Waals surface area contributed by atoms with E-state index in [1.807, 2.05) is 13.8 Å². The topological polar surface area (TPSA) is 132 Å². The largest absolute Gasteiger partial charge is 0.453 e. The molecule has 0 unspecified atom stereocenters. The lowest BCUT2D eigenvalue weighted by Crippen LogP contribution is -2.37. The second-order valence-corrected chi connectivity index (χ2v) is 10.5. The number of hydrogen-bond acceptors (Lipinski definition) is 8. The fourth-order valence-corrected chi connectivity index (χ4v) is 3.68. The van der Waals surface area contributed by atoms with Crippen LogP contribution in [0.5, 0.6) is 0 Å². The highest BCUT2D eigenvalue weighted by Crippen LogP contribution is 2.37. The lowest BCUT2D eigenvalue weighted by atomic mass is 10.0. The number of alkyl carbamates (subject to hydrolysis) is 1. The number of rotatable bonds is 8. The Labute approximate surface area is 231 Å². The van der Waals surface area contributed by atoms with E-state index in [0.29, 0.717) is 23.8 Å². The smallest absolute Gasteiger partial charge is 0.412 e. The zero-order valence-corrected chi connectivity index (χ0v) is 23.7. The van der Waals surface area contributed by atoms with Crippen LogP contribution in [0.3, 0.4) is 0 Å². The summed E-state index contributed by atoms with van der Waals surface area (Å²) in [6.45, 7) is 11.1. The maximum Gasteiger partial charge on any atom is 0.412 e. The predicted molar refractivity (Wildman–Crippen MR) is 147 cm³/mol. The van der Waals surface area contributed by atoms with Crippen LogP contribution in [-0.4, -0.2) is 57.2 Å². The maximum absolute atomic E-state index is 15.8. The molecule has 0 radical (unpaired) electrons. The molecule has 2 aromatic heterocycles. The van der Waals surface area contributed by atoms with Gasteiger partial charge in [0, 0.05) is 47.2 Å². The SMILES string of the molecule is COC(=O)N[C@@H](C)CNc1nccc(-c2cn(C(C)C)nc2-c2cc(Cl)cc(NC(=O)OC(C)(C)C)c2F)n1. The Morgan fingerprint density at radius 2 is 1.87 bits per heavy atom. The molecule has 11 nitrogen and oxygen atoms in total. The number of hydrogen-bond donors (Lipinski definition) is 3. The molecule has 1 aromatic carbocycles. The molecule has 0 spiro atoms. The predicted octanol–water partition coefficient (Wildman–Crippen LogP) is 5.88. The van der Waals surface area contributed by atoms with Crippen LogP contribution in [0.15, 0.2) is 30.6 Å². The van der Waals surface area contributed by atoms with Gasteiger partial charge in [-0.05, 0) is 59.7 Å². The first-order chi connectivity index (χ1) is 18.3. The molecule has 0 saturated carbocycles. The third-order valence-corrected chi connectivity index (χ3v) is 5.45. The van der Waals surface area contributed by atoms with E-state index in [2.05, 4.69) is 35.8 Å². The van der Waals surface area contributed by atoms with Crippen molar-refractivity contribution in [2.45, 2.75) is 59.2 Å². The van der Waals surface area contributed by atoms with Crippen LogP contribution in [0.25, 0.3) is 22.5 Å². The van der Waals surface area contributed by atoms with E-state index in [-0.39, 0.29) is 34.1 Å². The molecule has 0 fully saturated rings. The van der Waals surface area contributed by atoms with Crippen LogP contribution in [-0.2, 0) is 9.47 Å². The first-order valence-electron chi connectivity index (χ1n) is 12.3. The molecule has 13 heteroatoms. The quantitative estimate of drug-likeness (QED) is 0.310. The molecular weight excluding hydrogens is 529 g/mol. The fraction of sp³-hybridized carbons (Fsp3) is 0.423. The lowest BCUT2D eigenvalue weighted by Gasteiger charge is -2.20. The van der Waals surface area contributed by atoms with Crippen molar-refractivity contribution >= 4 is 35.4 Å². The van der Waals surface area contributed by atoms with Crippen LogP contribution in [0.4, 0.5) is 25.6 Å². The van der Waals surface area contributed by atoms with Crippen molar-refractivity contribution < 1.29 is 23.5 Å². The Bertz CT molecular complexity index is 1340. The normalized spacial score (nSPS) is 12.2. The third kappa shape index (κ3) is 8.03. The summed E-state index contributed by atoms with van der Waals surface area (Å²) in [5.41, 5.74) is 0.447. The standard InChI is InChI=1S/C26H33ClFN7O4/c1-14(2)35-13-18(19-8-9-29-23(32-19)30-12-15(3)31-24(36)38-7)22(34-35)17-10-16(27)11-20(21(17)28)33-25(37)39-26(4,5)6/h8-11,13-15H,12H2,1-7H3,(H,31,36)(H,33,37)(H,29,30,32)/t15-/m0/s1. The van der Waals surface area contributed by atoms with Crippen molar-refractivity contribution in [2.24, 2.45) is 0 Å². The summed E-state index contributed by atoms with van der Waals surface area (Å²) < 4.78 is 27.3. The number of nitrogens with one attached hydrogen (secondary N) is 3. The van der Waals surface area contributed by atoms with Crippen LogP contribution in [0, 0.1) is 5.82 Å². The maximum atomic E-state index is 15.8. The highest BCUT2D eigenvalue weighted by atomic mass is 35.5. The number of amides is 2. The third-order valence-electron chi connectivity index (χ3n) is 5.24. The van der Waals surface area contributed by atoms with Gasteiger partial charge in [0.2, 0.25) is 5.95 Å². The molecule has 3 aromatic rings. The van der Waals surface area contributed by atoms with E-state index in [0.717, 1.165) is 0 Å². The number of halogens is 2. The van der Waals surface area contributed by atoms with E-state index in [4.69, 9.17) is 16.3 Å². The lowest BCUT2D eigenvalue weighted by molar-refractivity contribution is 0.0635. The van der Waals surface area contributed by atoms with Crippen molar-refractivity contribution in [3.63, 3.8) is 0 Å². The molecule has 2 heterocycles. The van der Waals surface area contributed by atoms with Crippen LogP contribution in [0.2, 0.25) is 5.02 Å². The monoisotopic (exact) mass is 561 g/mol. The summed E-state index contributed by atoms with van der Waals surface area (Å²) in [4.78, 5) is 32.6. The Morgan fingerprint density at radius 3 is 2.51 bits per heavy atom. The van der Waals surface area contributed by atoms with Gasteiger partial charge in [0.1, 0.15) is 11.3 Å². The minimum absolute atomic E-state index is 0.0382. The molecule has 0 saturated heterocycles. The van der Waals surface area contributed by atoms with Gasteiger partial charge < -0.3 is 20.1 Å². The molecule has 39 heavy (non-hydrogen) atoms. The summed E-state index contributed by atoms with van der Waals surface area (Å²) >= 11 is 6.33. The Hall–Kier alpha value is -3.93. The Balaban J connectivity index is 1.99. The zero-order valence-electron chi connectivity index (χ0n) is 22.9. The number of methoxy groups -OCH3 is 1. The number of carbonyl (C=O) groups excluding carboxylic acids is 2. The molecule has 0 aliphatic heterocycles. The summed E-state index contributed by atoms with van der Waals surface area (Å²) in [7, 11) is 1.29. The van der Waals surface area contributed by atoms with Crippen molar-refractivity contribution in [3.05, 3.63) is 41.4 Å². The zero-order chi connectivity index (χ0) is 28.9. The molecule has 1 atom stereocenters. The molecule has 3 N–H and O–H groups in total. The Kier molecular flexibility index (Phi) is 9.33. The van der Waals surface area contributed by atoms with Gasteiger partial charge in [-0.1, -0.05) is 11.6 Å². The van der Waals surface area contributed by atoms with Crippen molar-refractivity contribution in [2.75, 3.05) is 24.3 Å². The first-order valence-corrected chi connectivity index (χ1v) is 12.7. The number of anilines is 2. The summed E-state index contributed by atoms with van der Waals surface area (Å²) in [6, 6.07) is 4.12. The number of benzene rings is 1. The molecule has 210 valence electrons. The highest BCUT2D eigenvalue weighted by Gasteiger charge is 2.24. The average molecular weight is 562 g/mol. The second kappa shape index (κ2) is 12.3. The summed E-state index contributed by atoms with van der Waals surface area (Å²) in [5, 5.41) is 13.0. The van der Waals surface area contributed by atoms with Crippen LogP contribution in [0.1, 0.15) is 47.6 Å². The fourth-order valence-electron chi connectivity index (χ4n) is 3.46. The second-order valence-electron chi connectivity index (χ2n) is 10.1.